The Morgan fingerprint density at radius 3 is 2.29 bits per heavy atom. The molecule has 4 aromatic heterocycles. The molecule has 0 aliphatic heterocycles. The third-order valence-corrected chi connectivity index (χ3v) is 15.4. The second-order valence-corrected chi connectivity index (χ2v) is 26.5. The number of furan rings is 1. The van der Waals surface area contributed by atoms with Crippen molar-refractivity contribution in [3.8, 4) is 28.3 Å². The van der Waals surface area contributed by atoms with Gasteiger partial charge in [-0.05, 0) is 42.5 Å². The molecule has 4 heterocycles. The van der Waals surface area contributed by atoms with E-state index in [4.69, 9.17) is 10.8 Å². The van der Waals surface area contributed by atoms with Crippen LogP contribution in [0.3, 0.4) is 0 Å². The first-order valence-electron chi connectivity index (χ1n) is 18.7. The number of fused-ring (bicyclic) bond motifs is 7. The summed E-state index contributed by atoms with van der Waals surface area (Å²) < 4.78 is 20.9. The van der Waals surface area contributed by atoms with Crippen LogP contribution in [0.15, 0.2) is 144 Å². The van der Waals surface area contributed by atoms with Crippen molar-refractivity contribution in [2.75, 3.05) is 0 Å². The second-order valence-electron chi connectivity index (χ2n) is 14.9. The first-order chi connectivity index (χ1) is 26.5. The number of thiophene rings is 1. The SMILES string of the molecule is [2H]C(C)(C)c1cc(-c2[c-]cccc2)nc[c]1[Ge]([CH3])([CH3])[CH3].[Ir].[c-]1ccc2c(oc3ccccc32)c1-c1nc2ccccc2n1-c1ccc2sc3ccccc3c2c1. The van der Waals surface area contributed by atoms with Crippen molar-refractivity contribution in [2.45, 2.75) is 37.0 Å². The Labute approximate surface area is 343 Å². The summed E-state index contributed by atoms with van der Waals surface area (Å²) in [6, 6.07) is 52.4. The summed E-state index contributed by atoms with van der Waals surface area (Å²) >= 11 is -0.196. The van der Waals surface area contributed by atoms with Crippen molar-refractivity contribution in [1.82, 2.24) is 14.5 Å². The van der Waals surface area contributed by atoms with Gasteiger partial charge in [-0.25, -0.2) is 0 Å². The number of para-hydroxylation sites is 3. The average Bonchev–Trinajstić information content (AvgIpc) is 3.89. The Hall–Kier alpha value is -4.85. The van der Waals surface area contributed by atoms with Gasteiger partial charge in [0.1, 0.15) is 5.58 Å². The molecule has 0 unspecified atom stereocenters. The fraction of sp³-hybridized carbons (Fsp3) is 0.125. The van der Waals surface area contributed by atoms with Gasteiger partial charge in [0.15, 0.2) is 0 Å². The number of imidazole rings is 1. The van der Waals surface area contributed by atoms with Crippen LogP contribution < -0.4 is 4.40 Å². The summed E-state index contributed by atoms with van der Waals surface area (Å²) in [5.41, 5.74) is 8.65. The molecule has 6 aromatic carbocycles. The summed E-state index contributed by atoms with van der Waals surface area (Å²) in [7, 11) is 0. The third-order valence-electron chi connectivity index (χ3n) is 9.98. The zero-order chi connectivity index (χ0) is 37.9. The van der Waals surface area contributed by atoms with Crippen molar-refractivity contribution in [2.24, 2.45) is 0 Å². The first kappa shape index (κ1) is 35.8. The molecular formula is C48H39GeIrN3OS-2. The molecule has 0 aliphatic rings. The molecule has 0 saturated carbocycles. The average molecular weight is 972 g/mol. The molecule has 0 amide bonds. The first-order valence-corrected chi connectivity index (χ1v) is 26.4. The standard InChI is InChI=1S/C31H17N2OS.C17H22GeN.Ir/c1-5-14-27-20(8-1)22-10-7-11-23(30(22)34-27)31-32-25-12-3-4-13-26(25)33(31)19-16-17-29-24(18-19)21-9-2-6-15-28(21)35-29;1-13(2)15-11-17(14-9-7-6-8-10-14)19-12-16(15)18(3,4)5;/h1-10,12-18H;6-9,11-13H,1-5H3;/q2*-1;/i;13D;. The van der Waals surface area contributed by atoms with Crippen LogP contribution in [0.1, 0.15) is 26.7 Å². The van der Waals surface area contributed by atoms with Crippen LogP contribution in [-0.4, -0.2) is 27.8 Å². The molecule has 0 fully saturated rings. The number of hydrogen-bond acceptors (Lipinski definition) is 4. The summed E-state index contributed by atoms with van der Waals surface area (Å²) in [6.45, 7) is 3.91. The zero-order valence-corrected chi connectivity index (χ0v) is 36.6. The number of nitrogens with zero attached hydrogens (tertiary/aromatic N) is 3. The Kier molecular flexibility index (Phi) is 9.77. The molecule has 273 valence electrons. The molecular weight excluding hydrogens is 931 g/mol. The molecule has 0 spiro atoms. The molecule has 0 saturated heterocycles. The summed E-state index contributed by atoms with van der Waals surface area (Å²) in [4.78, 5) is 9.71. The van der Waals surface area contributed by atoms with E-state index in [9.17, 15) is 0 Å². The maximum Gasteiger partial charge on any atom is 0.120 e. The number of rotatable bonds is 5. The zero-order valence-electron chi connectivity index (χ0n) is 32.3. The Morgan fingerprint density at radius 1 is 0.745 bits per heavy atom. The Balaban J connectivity index is 0.000000181. The summed E-state index contributed by atoms with van der Waals surface area (Å²) in [6.07, 6.45) is 2.00. The maximum atomic E-state index is 8.44. The quantitative estimate of drug-likeness (QED) is 0.127. The fourth-order valence-electron chi connectivity index (χ4n) is 7.33. The van der Waals surface area contributed by atoms with Crippen LogP contribution in [0.4, 0.5) is 0 Å². The van der Waals surface area contributed by atoms with Crippen molar-refractivity contribution in [3.63, 3.8) is 0 Å². The van der Waals surface area contributed by atoms with Crippen LogP contribution in [0.2, 0.25) is 17.3 Å². The van der Waals surface area contributed by atoms with Crippen molar-refractivity contribution in [1.29, 1.82) is 0 Å². The van der Waals surface area contributed by atoms with Crippen LogP contribution in [0, 0.1) is 12.1 Å². The van der Waals surface area contributed by atoms with Crippen molar-refractivity contribution < 1.29 is 25.9 Å². The molecule has 0 aliphatic carbocycles. The molecule has 55 heavy (non-hydrogen) atoms. The molecule has 4 nitrogen and oxygen atoms in total. The van der Waals surface area contributed by atoms with Gasteiger partial charge < -0.3 is 8.98 Å². The van der Waals surface area contributed by atoms with Crippen LogP contribution in [-0.2, 0) is 20.1 Å². The number of pyridine rings is 1. The molecule has 10 aromatic rings. The van der Waals surface area contributed by atoms with Crippen molar-refractivity contribution in [3.05, 3.63) is 157 Å². The second kappa shape index (κ2) is 15.0. The maximum absolute atomic E-state index is 8.44. The normalized spacial score (nSPS) is 12.2. The number of hydrogen-bond donors (Lipinski definition) is 0. The predicted molar refractivity (Wildman–Crippen MR) is 231 cm³/mol. The van der Waals surface area contributed by atoms with Gasteiger partial charge in [0.2, 0.25) is 0 Å². The minimum atomic E-state index is -2.03. The van der Waals surface area contributed by atoms with Crippen LogP contribution in [0.5, 0.6) is 0 Å². The van der Waals surface area contributed by atoms with E-state index >= 15 is 0 Å². The molecule has 1 radical (unpaired) electrons. The molecule has 0 bridgehead atoms. The van der Waals surface area contributed by atoms with E-state index in [2.05, 4.69) is 118 Å². The van der Waals surface area contributed by atoms with E-state index in [0.29, 0.717) is 0 Å². The minimum absolute atomic E-state index is 0. The van der Waals surface area contributed by atoms with E-state index in [1.165, 1.54) is 24.6 Å². The summed E-state index contributed by atoms with van der Waals surface area (Å²) in [5, 5.41) is 4.72. The Bertz CT molecular complexity index is 3030. The van der Waals surface area contributed by atoms with Crippen molar-refractivity contribution >= 4 is 82.1 Å². The van der Waals surface area contributed by atoms with Gasteiger partial charge in [-0.3, -0.25) is 4.98 Å². The smallest absolute Gasteiger partial charge is 0.120 e. The van der Waals surface area contributed by atoms with E-state index in [0.717, 1.165) is 66.9 Å². The van der Waals surface area contributed by atoms with E-state index in [1.54, 1.807) is 0 Å². The molecule has 0 atom stereocenters. The van der Waals surface area contributed by atoms with Gasteiger partial charge in [-0.2, -0.15) is 0 Å². The number of benzene rings is 6. The minimum Gasteiger partial charge on any atom is -0.501 e. The molecule has 10 rings (SSSR count). The van der Waals surface area contributed by atoms with E-state index < -0.39 is 19.2 Å². The number of aromatic nitrogens is 3. The third kappa shape index (κ3) is 6.87. The molecule has 7 heteroatoms. The fourth-order valence-corrected chi connectivity index (χ4v) is 11.7. The van der Waals surface area contributed by atoms with Gasteiger partial charge >= 0.3 is 120 Å². The predicted octanol–water partition coefficient (Wildman–Crippen LogP) is 13.0. The van der Waals surface area contributed by atoms with Gasteiger partial charge in [0.05, 0.1) is 22.4 Å². The Morgan fingerprint density at radius 2 is 1.49 bits per heavy atom. The topological polar surface area (TPSA) is 43.9 Å². The summed E-state index contributed by atoms with van der Waals surface area (Å²) in [5.74, 6) is 7.27. The van der Waals surface area contributed by atoms with Crippen LogP contribution >= 0.6 is 11.3 Å². The van der Waals surface area contributed by atoms with Crippen LogP contribution in [0.25, 0.3) is 81.5 Å². The van der Waals surface area contributed by atoms with Gasteiger partial charge in [0.25, 0.3) is 0 Å². The van der Waals surface area contributed by atoms with Gasteiger partial charge in [0, 0.05) is 51.4 Å². The monoisotopic (exact) mass is 973 g/mol. The molecule has 0 N–H and O–H groups in total. The largest absolute Gasteiger partial charge is 0.501 e. The van der Waals surface area contributed by atoms with E-state index in [1.807, 2.05) is 86.0 Å². The van der Waals surface area contributed by atoms with E-state index in [-0.39, 0.29) is 20.1 Å². The van der Waals surface area contributed by atoms with Gasteiger partial charge in [-0.1, -0.05) is 59.5 Å². The van der Waals surface area contributed by atoms with Gasteiger partial charge in [-0.15, -0.1) is 29.5 Å².